The third-order valence-electron chi connectivity index (χ3n) is 2.58. The molecule has 0 saturated heterocycles. The molecule has 0 fully saturated rings. The minimum atomic E-state index is -0.660. The quantitative estimate of drug-likeness (QED) is 0.604. The Balaban J connectivity index is 1.89. The zero-order valence-electron chi connectivity index (χ0n) is 11.1. The monoisotopic (exact) mass is 358 g/mol. The van der Waals surface area contributed by atoms with Gasteiger partial charge in [0.15, 0.2) is 12.4 Å². The standard InChI is InChI=1S/C14H9Cl3N2O3/c15-9-3-11(16)12(18-6-9)4-10(20)7-22-14(21)8-1-2-13(17)19-5-8/h1-3,5-6H,4,7H2. The van der Waals surface area contributed by atoms with Crippen molar-refractivity contribution < 1.29 is 14.3 Å². The molecule has 2 aromatic heterocycles. The van der Waals surface area contributed by atoms with Crippen molar-refractivity contribution in [2.75, 3.05) is 6.61 Å². The second-order valence-corrected chi connectivity index (χ2v) is 5.47. The summed E-state index contributed by atoms with van der Waals surface area (Å²) in [5.74, 6) is -1.00. The van der Waals surface area contributed by atoms with Crippen LogP contribution in [0, 0.1) is 0 Å². The van der Waals surface area contributed by atoms with Crippen LogP contribution in [0.15, 0.2) is 30.6 Å². The summed E-state index contributed by atoms with van der Waals surface area (Å²) in [4.78, 5) is 31.2. The number of ether oxygens (including phenoxy) is 1. The Labute approximate surface area is 141 Å². The Morgan fingerprint density at radius 1 is 1.09 bits per heavy atom. The van der Waals surface area contributed by atoms with E-state index < -0.39 is 5.97 Å². The van der Waals surface area contributed by atoms with Gasteiger partial charge in [0, 0.05) is 12.4 Å². The van der Waals surface area contributed by atoms with Crippen molar-refractivity contribution in [3.8, 4) is 0 Å². The maximum Gasteiger partial charge on any atom is 0.340 e. The first-order valence-electron chi connectivity index (χ1n) is 6.06. The van der Waals surface area contributed by atoms with Crippen molar-refractivity contribution in [1.82, 2.24) is 9.97 Å². The molecular weight excluding hydrogens is 351 g/mol. The number of hydrogen-bond acceptors (Lipinski definition) is 5. The van der Waals surface area contributed by atoms with Crippen molar-refractivity contribution in [3.05, 3.63) is 57.0 Å². The smallest absolute Gasteiger partial charge is 0.340 e. The van der Waals surface area contributed by atoms with Crippen molar-refractivity contribution in [2.45, 2.75) is 6.42 Å². The molecule has 0 radical (unpaired) electrons. The van der Waals surface area contributed by atoms with Gasteiger partial charge < -0.3 is 4.74 Å². The van der Waals surface area contributed by atoms with E-state index in [1.165, 1.54) is 30.6 Å². The van der Waals surface area contributed by atoms with Gasteiger partial charge in [0.25, 0.3) is 0 Å². The van der Waals surface area contributed by atoms with E-state index in [0.717, 1.165) is 0 Å². The van der Waals surface area contributed by atoms with Gasteiger partial charge in [-0.25, -0.2) is 9.78 Å². The number of nitrogens with zero attached hydrogens (tertiary/aromatic N) is 2. The number of carbonyl (C=O) groups excluding carboxylic acids is 2. The molecule has 0 aliphatic rings. The fourth-order valence-corrected chi connectivity index (χ4v) is 2.10. The molecule has 114 valence electrons. The van der Waals surface area contributed by atoms with Gasteiger partial charge in [-0.15, -0.1) is 0 Å². The molecule has 0 aromatic carbocycles. The molecule has 0 spiro atoms. The lowest BCUT2D eigenvalue weighted by atomic mass is 10.2. The third-order valence-corrected chi connectivity index (χ3v) is 3.33. The lowest BCUT2D eigenvalue weighted by molar-refractivity contribution is -0.121. The van der Waals surface area contributed by atoms with E-state index in [0.29, 0.717) is 10.7 Å². The summed E-state index contributed by atoms with van der Waals surface area (Å²) >= 11 is 17.3. The van der Waals surface area contributed by atoms with Crippen LogP contribution in [0.2, 0.25) is 15.2 Å². The van der Waals surface area contributed by atoms with Gasteiger partial charge in [-0.1, -0.05) is 34.8 Å². The van der Waals surface area contributed by atoms with E-state index in [1.54, 1.807) is 0 Å². The molecule has 2 heterocycles. The number of pyridine rings is 2. The average molecular weight is 360 g/mol. The van der Waals surface area contributed by atoms with Crippen LogP contribution in [0.5, 0.6) is 0 Å². The Morgan fingerprint density at radius 3 is 2.50 bits per heavy atom. The summed E-state index contributed by atoms with van der Waals surface area (Å²) in [5, 5.41) is 0.924. The summed E-state index contributed by atoms with van der Waals surface area (Å²) in [7, 11) is 0. The minimum absolute atomic E-state index is 0.0534. The molecule has 2 rings (SSSR count). The first-order chi connectivity index (χ1) is 10.5. The molecule has 8 heteroatoms. The predicted molar refractivity (Wildman–Crippen MR) is 82.5 cm³/mol. The maximum absolute atomic E-state index is 11.8. The minimum Gasteiger partial charge on any atom is -0.454 e. The summed E-state index contributed by atoms with van der Waals surface area (Å²) in [6.07, 6.45) is 2.61. The highest BCUT2D eigenvalue weighted by molar-refractivity contribution is 6.34. The number of aromatic nitrogens is 2. The largest absolute Gasteiger partial charge is 0.454 e. The van der Waals surface area contributed by atoms with Gasteiger partial charge in [-0.2, -0.15) is 0 Å². The molecule has 0 bridgehead atoms. The molecule has 0 aliphatic carbocycles. The number of halogens is 3. The summed E-state index contributed by atoms with van der Waals surface area (Å²) in [6, 6.07) is 4.40. The topological polar surface area (TPSA) is 69.2 Å². The highest BCUT2D eigenvalue weighted by atomic mass is 35.5. The molecular formula is C14H9Cl3N2O3. The van der Waals surface area contributed by atoms with E-state index in [4.69, 9.17) is 39.5 Å². The van der Waals surface area contributed by atoms with Gasteiger partial charge >= 0.3 is 5.97 Å². The maximum atomic E-state index is 11.8. The Kier molecular flexibility index (Phi) is 5.71. The van der Waals surface area contributed by atoms with Gasteiger partial charge in [0.05, 0.1) is 27.7 Å². The van der Waals surface area contributed by atoms with Crippen molar-refractivity contribution in [3.63, 3.8) is 0 Å². The number of carbonyl (C=O) groups is 2. The van der Waals surface area contributed by atoms with Crippen LogP contribution in [0.4, 0.5) is 0 Å². The lowest BCUT2D eigenvalue weighted by Gasteiger charge is -2.05. The summed E-state index contributed by atoms with van der Waals surface area (Å²) in [5.41, 5.74) is 0.583. The second kappa shape index (κ2) is 7.54. The SMILES string of the molecule is O=C(COC(=O)c1ccc(Cl)nc1)Cc1ncc(Cl)cc1Cl. The predicted octanol–water partition coefficient (Wildman–Crippen LogP) is 3.41. The van der Waals surface area contributed by atoms with Crippen LogP contribution in [0.25, 0.3) is 0 Å². The zero-order valence-corrected chi connectivity index (χ0v) is 13.3. The zero-order chi connectivity index (χ0) is 16.1. The van der Waals surface area contributed by atoms with Crippen LogP contribution in [0.3, 0.4) is 0 Å². The first-order valence-corrected chi connectivity index (χ1v) is 7.19. The van der Waals surface area contributed by atoms with Crippen LogP contribution in [0.1, 0.15) is 16.1 Å². The molecule has 0 unspecified atom stereocenters. The van der Waals surface area contributed by atoms with E-state index in [2.05, 4.69) is 9.97 Å². The van der Waals surface area contributed by atoms with E-state index in [-0.39, 0.29) is 34.6 Å². The Morgan fingerprint density at radius 2 is 1.86 bits per heavy atom. The van der Waals surface area contributed by atoms with Crippen molar-refractivity contribution in [2.24, 2.45) is 0 Å². The van der Waals surface area contributed by atoms with Gasteiger partial charge in [-0.3, -0.25) is 9.78 Å². The first kappa shape index (κ1) is 16.7. The highest BCUT2D eigenvalue weighted by Crippen LogP contribution is 2.19. The summed E-state index contributed by atoms with van der Waals surface area (Å²) in [6.45, 7) is -0.387. The van der Waals surface area contributed by atoms with Gasteiger partial charge in [-0.05, 0) is 18.2 Å². The second-order valence-electron chi connectivity index (χ2n) is 4.24. The molecule has 2 aromatic rings. The number of Topliss-reactive ketones (excluding diaryl/α,β-unsaturated/α-hetero) is 1. The van der Waals surface area contributed by atoms with E-state index in [9.17, 15) is 9.59 Å². The van der Waals surface area contributed by atoms with Crippen LogP contribution < -0.4 is 0 Å². The molecule has 5 nitrogen and oxygen atoms in total. The van der Waals surface area contributed by atoms with Crippen molar-refractivity contribution in [1.29, 1.82) is 0 Å². The van der Waals surface area contributed by atoms with E-state index >= 15 is 0 Å². The van der Waals surface area contributed by atoms with Crippen molar-refractivity contribution >= 4 is 46.6 Å². The normalized spacial score (nSPS) is 10.3. The van der Waals surface area contributed by atoms with Crippen LogP contribution in [-0.2, 0) is 16.0 Å². The fourth-order valence-electron chi connectivity index (χ4n) is 1.54. The summed E-state index contributed by atoms with van der Waals surface area (Å²) < 4.78 is 4.90. The third kappa shape index (κ3) is 4.66. The molecule has 0 atom stereocenters. The molecule has 0 aliphatic heterocycles. The average Bonchev–Trinajstić information content (AvgIpc) is 2.48. The lowest BCUT2D eigenvalue weighted by Crippen LogP contribution is -2.16. The van der Waals surface area contributed by atoms with Crippen LogP contribution >= 0.6 is 34.8 Å². The number of ketones is 1. The Bertz CT molecular complexity index is 705. The molecule has 0 saturated carbocycles. The molecule has 0 amide bonds. The van der Waals surface area contributed by atoms with Gasteiger partial charge in [0.2, 0.25) is 0 Å². The van der Waals surface area contributed by atoms with Gasteiger partial charge in [0.1, 0.15) is 5.15 Å². The number of hydrogen-bond donors (Lipinski definition) is 0. The molecule has 0 N–H and O–H groups in total. The van der Waals surface area contributed by atoms with E-state index in [1.807, 2.05) is 0 Å². The fraction of sp³-hybridized carbons (Fsp3) is 0.143. The Hall–Kier alpha value is -1.69. The highest BCUT2D eigenvalue weighted by Gasteiger charge is 2.13. The number of rotatable bonds is 5. The number of esters is 1. The van der Waals surface area contributed by atoms with Crippen LogP contribution in [-0.4, -0.2) is 28.3 Å². The molecule has 22 heavy (non-hydrogen) atoms.